The van der Waals surface area contributed by atoms with E-state index in [0.717, 1.165) is 11.0 Å². The lowest BCUT2D eigenvalue weighted by Crippen LogP contribution is -1.91. The molecule has 0 unspecified atom stereocenters. The van der Waals surface area contributed by atoms with Crippen molar-refractivity contribution in [2.45, 2.75) is 0 Å². The Morgan fingerprint density at radius 1 is 1.00 bits per heavy atom. The SMILES string of the molecule is O=c1[nH]cco1.c1ccc2occc2c1. The summed E-state index contributed by atoms with van der Waals surface area (Å²) < 4.78 is 9.34. The maximum absolute atomic E-state index is 9.85. The lowest BCUT2D eigenvalue weighted by Gasteiger charge is -1.81. The quantitative estimate of drug-likeness (QED) is 0.610. The first kappa shape index (κ1) is 9.33. The number of benzene rings is 1. The molecule has 4 heteroatoms. The highest BCUT2D eigenvalue weighted by Gasteiger charge is 1.89. The fourth-order valence-electron chi connectivity index (χ4n) is 1.14. The molecule has 0 aliphatic carbocycles. The van der Waals surface area contributed by atoms with Crippen LogP contribution in [-0.4, -0.2) is 4.98 Å². The molecule has 0 saturated heterocycles. The van der Waals surface area contributed by atoms with Crippen molar-refractivity contribution in [1.29, 1.82) is 0 Å². The fraction of sp³-hybridized carbons (Fsp3) is 0. The molecule has 0 spiro atoms. The number of aromatic nitrogens is 1. The highest BCUT2D eigenvalue weighted by molar-refractivity contribution is 5.76. The summed E-state index contributed by atoms with van der Waals surface area (Å²) in [4.78, 5) is 12.1. The molecule has 3 aromatic rings. The highest BCUT2D eigenvalue weighted by atomic mass is 16.4. The molecule has 2 aromatic heterocycles. The van der Waals surface area contributed by atoms with E-state index in [-0.39, 0.29) is 0 Å². The molecule has 0 atom stereocenters. The molecule has 3 rings (SSSR count). The predicted molar refractivity (Wildman–Crippen MR) is 55.5 cm³/mol. The average Bonchev–Trinajstić information content (AvgIpc) is 2.88. The molecule has 0 bridgehead atoms. The van der Waals surface area contributed by atoms with Crippen molar-refractivity contribution in [1.82, 2.24) is 4.98 Å². The summed E-state index contributed by atoms with van der Waals surface area (Å²) in [6.45, 7) is 0. The first-order chi connectivity index (χ1) is 7.36. The normalized spacial score (nSPS) is 9.60. The fourth-order valence-corrected chi connectivity index (χ4v) is 1.14. The van der Waals surface area contributed by atoms with Crippen LogP contribution in [0.15, 0.2) is 62.7 Å². The number of aromatic amines is 1. The van der Waals surface area contributed by atoms with Crippen LogP contribution < -0.4 is 5.76 Å². The molecule has 0 fully saturated rings. The zero-order valence-corrected chi connectivity index (χ0v) is 7.84. The Bertz CT molecular complexity index is 529. The van der Waals surface area contributed by atoms with E-state index in [2.05, 4.69) is 9.40 Å². The Balaban J connectivity index is 0.000000124. The summed E-state index contributed by atoms with van der Waals surface area (Å²) in [5, 5.41) is 1.16. The van der Waals surface area contributed by atoms with Crippen LogP contribution in [-0.2, 0) is 0 Å². The smallest absolute Gasteiger partial charge is 0.416 e. The van der Waals surface area contributed by atoms with Gasteiger partial charge in [-0.15, -0.1) is 0 Å². The standard InChI is InChI=1S/C8H6O.C3H3NO2/c1-2-4-8-7(3-1)5-6-9-8;5-3-4-1-2-6-3/h1-6H;1-2H,(H,4,5). The van der Waals surface area contributed by atoms with Crippen LogP contribution in [0.25, 0.3) is 11.0 Å². The van der Waals surface area contributed by atoms with Gasteiger partial charge in [-0.3, -0.25) is 4.98 Å². The lowest BCUT2D eigenvalue weighted by atomic mass is 10.3. The van der Waals surface area contributed by atoms with Gasteiger partial charge in [0.1, 0.15) is 11.8 Å². The summed E-state index contributed by atoms with van der Waals surface area (Å²) in [6, 6.07) is 9.90. The Morgan fingerprint density at radius 2 is 1.87 bits per heavy atom. The Hall–Kier alpha value is -2.23. The molecule has 1 N–H and O–H groups in total. The van der Waals surface area contributed by atoms with E-state index in [1.165, 1.54) is 12.5 Å². The molecular formula is C11H9NO3. The number of furan rings is 1. The molecule has 15 heavy (non-hydrogen) atoms. The molecule has 1 aromatic carbocycles. The third-order valence-electron chi connectivity index (χ3n) is 1.81. The largest absolute Gasteiger partial charge is 0.464 e. The van der Waals surface area contributed by atoms with Gasteiger partial charge in [0.2, 0.25) is 0 Å². The van der Waals surface area contributed by atoms with Gasteiger partial charge in [-0.25, -0.2) is 4.79 Å². The van der Waals surface area contributed by atoms with E-state index in [1.54, 1.807) is 6.26 Å². The molecule has 0 amide bonds. The molecular weight excluding hydrogens is 194 g/mol. The molecule has 0 radical (unpaired) electrons. The molecule has 0 aliphatic heterocycles. The van der Waals surface area contributed by atoms with E-state index in [0.29, 0.717) is 0 Å². The van der Waals surface area contributed by atoms with Crippen LogP contribution in [0.2, 0.25) is 0 Å². The zero-order chi connectivity index (χ0) is 10.5. The molecule has 2 heterocycles. The van der Waals surface area contributed by atoms with Crippen LogP contribution in [0.4, 0.5) is 0 Å². The second-order valence-corrected chi connectivity index (χ2v) is 2.81. The number of para-hydroxylation sites is 1. The number of hydrogen-bond acceptors (Lipinski definition) is 3. The number of oxazole rings is 1. The number of fused-ring (bicyclic) bond motifs is 1. The number of rotatable bonds is 0. The van der Waals surface area contributed by atoms with Crippen molar-refractivity contribution in [3.05, 3.63) is 59.6 Å². The van der Waals surface area contributed by atoms with Crippen LogP contribution in [0.3, 0.4) is 0 Å². The Kier molecular flexibility index (Phi) is 2.69. The van der Waals surface area contributed by atoms with Gasteiger partial charge in [0.05, 0.1) is 6.26 Å². The highest BCUT2D eigenvalue weighted by Crippen LogP contribution is 2.12. The minimum atomic E-state index is -0.407. The monoisotopic (exact) mass is 203 g/mol. The van der Waals surface area contributed by atoms with Gasteiger partial charge in [0.15, 0.2) is 0 Å². The summed E-state index contributed by atoms with van der Waals surface area (Å²) >= 11 is 0. The van der Waals surface area contributed by atoms with Gasteiger partial charge in [-0.05, 0) is 12.1 Å². The van der Waals surface area contributed by atoms with Gasteiger partial charge in [-0.1, -0.05) is 18.2 Å². The Morgan fingerprint density at radius 3 is 2.47 bits per heavy atom. The summed E-state index contributed by atoms with van der Waals surface area (Å²) in [6.07, 6.45) is 4.43. The zero-order valence-electron chi connectivity index (χ0n) is 7.84. The molecule has 76 valence electrons. The second kappa shape index (κ2) is 4.32. The lowest BCUT2D eigenvalue weighted by molar-refractivity contribution is 0.515. The van der Waals surface area contributed by atoms with E-state index in [9.17, 15) is 4.79 Å². The van der Waals surface area contributed by atoms with Crippen LogP contribution >= 0.6 is 0 Å². The number of nitrogens with one attached hydrogen (secondary N) is 1. The van der Waals surface area contributed by atoms with Crippen LogP contribution in [0, 0.1) is 0 Å². The third kappa shape index (κ3) is 2.37. The van der Waals surface area contributed by atoms with Crippen molar-refractivity contribution >= 4 is 11.0 Å². The summed E-state index contributed by atoms with van der Waals surface area (Å²) in [5.74, 6) is -0.407. The second-order valence-electron chi connectivity index (χ2n) is 2.81. The Labute approximate surface area is 85.1 Å². The van der Waals surface area contributed by atoms with E-state index in [4.69, 9.17) is 4.42 Å². The first-order valence-electron chi connectivity index (χ1n) is 4.41. The van der Waals surface area contributed by atoms with E-state index >= 15 is 0 Å². The number of H-pyrrole nitrogens is 1. The van der Waals surface area contributed by atoms with Gasteiger partial charge in [0, 0.05) is 11.6 Å². The molecule has 0 saturated carbocycles. The topological polar surface area (TPSA) is 59.1 Å². The van der Waals surface area contributed by atoms with Crippen molar-refractivity contribution in [2.75, 3.05) is 0 Å². The van der Waals surface area contributed by atoms with Crippen molar-refractivity contribution < 1.29 is 8.83 Å². The maximum atomic E-state index is 9.85. The van der Waals surface area contributed by atoms with Gasteiger partial charge >= 0.3 is 5.76 Å². The van der Waals surface area contributed by atoms with Crippen LogP contribution in [0.5, 0.6) is 0 Å². The van der Waals surface area contributed by atoms with Crippen molar-refractivity contribution in [2.24, 2.45) is 0 Å². The maximum Gasteiger partial charge on any atom is 0.416 e. The van der Waals surface area contributed by atoms with E-state index in [1.807, 2.05) is 30.3 Å². The third-order valence-corrected chi connectivity index (χ3v) is 1.81. The predicted octanol–water partition coefficient (Wildman–Crippen LogP) is 2.40. The van der Waals surface area contributed by atoms with Gasteiger partial charge < -0.3 is 8.83 Å². The molecule has 4 nitrogen and oxygen atoms in total. The average molecular weight is 203 g/mol. The first-order valence-corrected chi connectivity index (χ1v) is 4.41. The van der Waals surface area contributed by atoms with Gasteiger partial charge in [-0.2, -0.15) is 0 Å². The van der Waals surface area contributed by atoms with Crippen molar-refractivity contribution in [3.8, 4) is 0 Å². The summed E-state index contributed by atoms with van der Waals surface area (Å²) in [5.41, 5.74) is 0.956. The minimum absolute atomic E-state index is 0.407. The summed E-state index contributed by atoms with van der Waals surface area (Å²) in [7, 11) is 0. The minimum Gasteiger partial charge on any atom is -0.464 e. The number of hydrogen-bond donors (Lipinski definition) is 1. The molecule has 0 aliphatic rings. The van der Waals surface area contributed by atoms with E-state index < -0.39 is 5.76 Å². The van der Waals surface area contributed by atoms with Crippen molar-refractivity contribution in [3.63, 3.8) is 0 Å². The van der Waals surface area contributed by atoms with Crippen LogP contribution in [0.1, 0.15) is 0 Å². The van der Waals surface area contributed by atoms with Gasteiger partial charge in [0.25, 0.3) is 0 Å².